The maximum atomic E-state index is 11.2. The molecule has 2 heterocycles. The lowest BCUT2D eigenvalue weighted by molar-refractivity contribution is 0.216. The number of hydrogen-bond acceptors (Lipinski definition) is 2. The van der Waals surface area contributed by atoms with Gasteiger partial charge in [-0.3, -0.25) is 4.68 Å². The molecule has 1 saturated heterocycles. The fourth-order valence-corrected chi connectivity index (χ4v) is 1.58. The predicted molar refractivity (Wildman–Crippen MR) is 51.8 cm³/mol. The summed E-state index contributed by atoms with van der Waals surface area (Å²) in [6.07, 6.45) is 4.65. The Balaban J connectivity index is 1.70. The third-order valence-electron chi connectivity index (χ3n) is 2.32. The van der Waals surface area contributed by atoms with E-state index in [1.54, 1.807) is 6.20 Å². The zero-order chi connectivity index (χ0) is 9.80. The third kappa shape index (κ3) is 2.04. The first kappa shape index (κ1) is 9.05. The number of hydrogen-bond donors (Lipinski definition) is 1. The van der Waals surface area contributed by atoms with Crippen molar-refractivity contribution >= 4 is 6.03 Å². The van der Waals surface area contributed by atoms with Gasteiger partial charge in [0.1, 0.15) is 0 Å². The zero-order valence-electron chi connectivity index (χ0n) is 8.02. The molecular formula is C9H14N4O. The third-order valence-corrected chi connectivity index (χ3v) is 2.32. The van der Waals surface area contributed by atoms with Gasteiger partial charge in [0.2, 0.25) is 0 Å². The second-order valence-electron chi connectivity index (χ2n) is 3.34. The molecule has 76 valence electrons. The van der Waals surface area contributed by atoms with Crippen LogP contribution in [0, 0.1) is 0 Å². The number of nitrogens with one attached hydrogen (secondary N) is 1. The highest BCUT2D eigenvalue weighted by Gasteiger charge is 2.17. The minimum atomic E-state index is 0.0606. The van der Waals surface area contributed by atoms with Crippen LogP contribution < -0.4 is 5.32 Å². The number of aryl methyl sites for hydroxylation is 1. The SMILES string of the molecule is O=C1NCCN1CCCn1cccn1. The van der Waals surface area contributed by atoms with Crippen LogP contribution in [0.4, 0.5) is 4.79 Å². The van der Waals surface area contributed by atoms with Crippen molar-refractivity contribution < 1.29 is 4.79 Å². The lowest BCUT2D eigenvalue weighted by atomic mass is 10.4. The first-order valence-electron chi connectivity index (χ1n) is 4.86. The summed E-state index contributed by atoms with van der Waals surface area (Å²) >= 11 is 0. The summed E-state index contributed by atoms with van der Waals surface area (Å²) in [5.41, 5.74) is 0. The number of carbonyl (C=O) groups excluding carboxylic acids is 1. The quantitative estimate of drug-likeness (QED) is 0.749. The molecule has 1 fully saturated rings. The molecule has 2 amide bonds. The molecule has 1 aliphatic rings. The molecule has 0 unspecified atom stereocenters. The van der Waals surface area contributed by atoms with Crippen molar-refractivity contribution in [3.05, 3.63) is 18.5 Å². The molecule has 5 nitrogen and oxygen atoms in total. The Bertz CT molecular complexity index is 296. The molecule has 0 radical (unpaired) electrons. The minimum Gasteiger partial charge on any atom is -0.336 e. The summed E-state index contributed by atoms with van der Waals surface area (Å²) in [5, 5.41) is 6.87. The monoisotopic (exact) mass is 194 g/mol. The maximum Gasteiger partial charge on any atom is 0.317 e. The van der Waals surface area contributed by atoms with Gasteiger partial charge < -0.3 is 10.2 Å². The fraction of sp³-hybridized carbons (Fsp3) is 0.556. The first-order valence-corrected chi connectivity index (χ1v) is 4.86. The van der Waals surface area contributed by atoms with Gasteiger partial charge in [-0.1, -0.05) is 0 Å². The predicted octanol–water partition coefficient (Wildman–Crippen LogP) is 0.298. The summed E-state index contributed by atoms with van der Waals surface area (Å²) in [7, 11) is 0. The summed E-state index contributed by atoms with van der Waals surface area (Å²) < 4.78 is 1.88. The highest BCUT2D eigenvalue weighted by molar-refractivity contribution is 5.76. The van der Waals surface area contributed by atoms with Crippen LogP contribution in [0.25, 0.3) is 0 Å². The van der Waals surface area contributed by atoms with E-state index < -0.39 is 0 Å². The average Bonchev–Trinajstić information content (AvgIpc) is 2.78. The second-order valence-corrected chi connectivity index (χ2v) is 3.34. The minimum absolute atomic E-state index is 0.0606. The molecule has 0 saturated carbocycles. The number of nitrogens with zero attached hydrogens (tertiary/aromatic N) is 3. The van der Waals surface area contributed by atoms with Crippen molar-refractivity contribution in [2.24, 2.45) is 0 Å². The van der Waals surface area contributed by atoms with Crippen molar-refractivity contribution in [1.29, 1.82) is 0 Å². The normalized spacial score (nSPS) is 16.0. The van der Waals surface area contributed by atoms with E-state index in [4.69, 9.17) is 0 Å². The Hall–Kier alpha value is -1.52. The van der Waals surface area contributed by atoms with Crippen LogP contribution in [0.1, 0.15) is 6.42 Å². The smallest absolute Gasteiger partial charge is 0.317 e. The van der Waals surface area contributed by atoms with Crippen molar-refractivity contribution in [1.82, 2.24) is 20.0 Å². The lowest BCUT2D eigenvalue weighted by Crippen LogP contribution is -2.29. The van der Waals surface area contributed by atoms with Crippen LogP contribution in [0.5, 0.6) is 0 Å². The van der Waals surface area contributed by atoms with Gasteiger partial charge in [0.05, 0.1) is 0 Å². The highest BCUT2D eigenvalue weighted by Crippen LogP contribution is 1.99. The van der Waals surface area contributed by atoms with E-state index in [-0.39, 0.29) is 6.03 Å². The standard InChI is InChI=1S/C9H14N4O/c14-9-10-4-8-12(9)5-2-7-13-6-1-3-11-13/h1,3,6H,2,4-5,7-8H2,(H,10,14). The molecule has 2 rings (SSSR count). The number of amides is 2. The number of aromatic nitrogens is 2. The van der Waals surface area contributed by atoms with Crippen LogP contribution in [0.15, 0.2) is 18.5 Å². The molecule has 1 aromatic heterocycles. The average molecular weight is 194 g/mol. The van der Waals surface area contributed by atoms with Gasteiger partial charge in [0.15, 0.2) is 0 Å². The van der Waals surface area contributed by atoms with E-state index >= 15 is 0 Å². The van der Waals surface area contributed by atoms with Gasteiger partial charge in [-0.15, -0.1) is 0 Å². The zero-order valence-corrected chi connectivity index (χ0v) is 8.02. The van der Waals surface area contributed by atoms with Gasteiger partial charge in [-0.25, -0.2) is 4.79 Å². The molecule has 1 aliphatic heterocycles. The van der Waals surface area contributed by atoms with E-state index in [1.807, 2.05) is 21.8 Å². The Labute approximate surface area is 82.7 Å². The molecule has 0 spiro atoms. The Morgan fingerprint density at radius 1 is 1.50 bits per heavy atom. The Morgan fingerprint density at radius 2 is 2.43 bits per heavy atom. The van der Waals surface area contributed by atoms with Crippen LogP contribution in [-0.2, 0) is 6.54 Å². The van der Waals surface area contributed by atoms with Crippen LogP contribution >= 0.6 is 0 Å². The second kappa shape index (κ2) is 4.13. The molecule has 0 bridgehead atoms. The summed E-state index contributed by atoms with van der Waals surface area (Å²) in [4.78, 5) is 13.0. The van der Waals surface area contributed by atoms with Crippen LogP contribution in [0.2, 0.25) is 0 Å². The van der Waals surface area contributed by atoms with Gasteiger partial charge in [0, 0.05) is 38.6 Å². The van der Waals surface area contributed by atoms with Crippen molar-refractivity contribution in [3.63, 3.8) is 0 Å². The summed E-state index contributed by atoms with van der Waals surface area (Å²) in [6, 6.07) is 1.97. The summed E-state index contributed by atoms with van der Waals surface area (Å²) in [6.45, 7) is 3.29. The fourth-order valence-electron chi connectivity index (χ4n) is 1.58. The Morgan fingerprint density at radius 3 is 3.07 bits per heavy atom. The summed E-state index contributed by atoms with van der Waals surface area (Å²) in [5.74, 6) is 0. The van der Waals surface area contributed by atoms with Gasteiger partial charge in [0.25, 0.3) is 0 Å². The molecule has 1 aromatic rings. The maximum absolute atomic E-state index is 11.2. The van der Waals surface area contributed by atoms with Crippen molar-refractivity contribution in [2.75, 3.05) is 19.6 Å². The molecular weight excluding hydrogens is 180 g/mol. The number of rotatable bonds is 4. The van der Waals surface area contributed by atoms with E-state index in [0.29, 0.717) is 0 Å². The largest absolute Gasteiger partial charge is 0.336 e. The van der Waals surface area contributed by atoms with Gasteiger partial charge in [-0.05, 0) is 12.5 Å². The van der Waals surface area contributed by atoms with E-state index in [1.165, 1.54) is 0 Å². The van der Waals surface area contributed by atoms with Crippen LogP contribution in [0.3, 0.4) is 0 Å². The molecule has 0 aliphatic carbocycles. The molecule has 5 heteroatoms. The van der Waals surface area contributed by atoms with Crippen molar-refractivity contribution in [3.8, 4) is 0 Å². The van der Waals surface area contributed by atoms with Crippen LogP contribution in [-0.4, -0.2) is 40.3 Å². The first-order chi connectivity index (χ1) is 6.86. The van der Waals surface area contributed by atoms with Gasteiger partial charge >= 0.3 is 6.03 Å². The topological polar surface area (TPSA) is 50.2 Å². The van der Waals surface area contributed by atoms with E-state index in [9.17, 15) is 4.79 Å². The lowest BCUT2D eigenvalue weighted by Gasteiger charge is -2.13. The van der Waals surface area contributed by atoms with Crippen molar-refractivity contribution in [2.45, 2.75) is 13.0 Å². The molecule has 14 heavy (non-hydrogen) atoms. The highest BCUT2D eigenvalue weighted by atomic mass is 16.2. The van der Waals surface area contributed by atoms with E-state index in [0.717, 1.165) is 32.6 Å². The molecule has 0 atom stereocenters. The van der Waals surface area contributed by atoms with E-state index in [2.05, 4.69) is 10.4 Å². The number of urea groups is 1. The number of carbonyl (C=O) groups is 1. The molecule has 0 aromatic carbocycles. The Kier molecular flexibility index (Phi) is 2.67. The molecule has 1 N–H and O–H groups in total. The van der Waals surface area contributed by atoms with Gasteiger partial charge in [-0.2, -0.15) is 5.10 Å².